The van der Waals surface area contributed by atoms with Gasteiger partial charge in [-0.1, -0.05) is 19.9 Å². The normalized spacial score (nSPS) is 12.2. The lowest BCUT2D eigenvalue weighted by Gasteiger charge is -2.14. The van der Waals surface area contributed by atoms with Crippen LogP contribution in [0.5, 0.6) is 0 Å². The van der Waals surface area contributed by atoms with Crippen molar-refractivity contribution in [1.82, 2.24) is 0 Å². The molecule has 0 saturated heterocycles. The zero-order valence-corrected chi connectivity index (χ0v) is 10.5. The molecule has 0 fully saturated rings. The highest BCUT2D eigenvalue weighted by atomic mass is 16.4. The van der Waals surface area contributed by atoms with Crippen molar-refractivity contribution in [1.29, 1.82) is 0 Å². The molecule has 0 aliphatic rings. The summed E-state index contributed by atoms with van der Waals surface area (Å²) in [5.41, 5.74) is 6.31. The van der Waals surface area contributed by atoms with Crippen LogP contribution in [-0.4, -0.2) is 23.0 Å². The fraction of sp³-hybridized carbons (Fsp3) is 0.385. The molecule has 0 aliphatic heterocycles. The number of anilines is 1. The van der Waals surface area contributed by atoms with Gasteiger partial charge in [0, 0.05) is 5.69 Å². The number of carboxylic acids is 1. The molecule has 0 aliphatic carbocycles. The number of benzene rings is 1. The number of amides is 1. The first kappa shape index (κ1) is 14.2. The van der Waals surface area contributed by atoms with Gasteiger partial charge in [0.15, 0.2) is 0 Å². The summed E-state index contributed by atoms with van der Waals surface area (Å²) in [4.78, 5) is 22.5. The van der Waals surface area contributed by atoms with Crippen LogP contribution in [-0.2, 0) is 4.79 Å². The van der Waals surface area contributed by atoms with Crippen molar-refractivity contribution in [3.63, 3.8) is 0 Å². The van der Waals surface area contributed by atoms with Crippen molar-refractivity contribution >= 4 is 17.6 Å². The molecule has 98 valence electrons. The number of hydrogen-bond donors (Lipinski definition) is 3. The number of rotatable bonds is 5. The lowest BCUT2D eigenvalue weighted by Crippen LogP contribution is -2.36. The molecule has 0 aromatic heterocycles. The summed E-state index contributed by atoms with van der Waals surface area (Å²) in [5.74, 6) is -1.00. The predicted molar refractivity (Wildman–Crippen MR) is 69.5 cm³/mol. The number of carbonyl (C=O) groups is 2. The molecular weight excluding hydrogens is 232 g/mol. The van der Waals surface area contributed by atoms with Gasteiger partial charge in [0.1, 0.15) is 0 Å². The minimum Gasteiger partial charge on any atom is -0.478 e. The third kappa shape index (κ3) is 4.18. The Morgan fingerprint density at radius 2 is 2.06 bits per heavy atom. The number of carbonyl (C=O) groups excluding carboxylic acids is 1. The first-order valence-corrected chi connectivity index (χ1v) is 5.80. The van der Waals surface area contributed by atoms with E-state index in [2.05, 4.69) is 5.32 Å². The Labute approximate surface area is 106 Å². The van der Waals surface area contributed by atoms with Crippen LogP contribution in [0.15, 0.2) is 24.3 Å². The van der Waals surface area contributed by atoms with Gasteiger partial charge in [-0.25, -0.2) is 4.79 Å². The van der Waals surface area contributed by atoms with E-state index >= 15 is 0 Å². The SMILES string of the molecule is CC(C)C[C@@H](N)C(=O)Nc1cccc(C(=O)O)c1. The molecule has 1 aromatic carbocycles. The Morgan fingerprint density at radius 1 is 1.39 bits per heavy atom. The lowest BCUT2D eigenvalue weighted by molar-refractivity contribution is -0.117. The molecule has 4 N–H and O–H groups in total. The van der Waals surface area contributed by atoms with Gasteiger partial charge >= 0.3 is 5.97 Å². The molecule has 0 unspecified atom stereocenters. The van der Waals surface area contributed by atoms with Crippen molar-refractivity contribution in [2.24, 2.45) is 11.7 Å². The summed E-state index contributed by atoms with van der Waals surface area (Å²) >= 11 is 0. The zero-order chi connectivity index (χ0) is 13.7. The van der Waals surface area contributed by atoms with E-state index in [1.165, 1.54) is 12.1 Å². The standard InChI is InChI=1S/C13H18N2O3/c1-8(2)6-11(14)12(16)15-10-5-3-4-9(7-10)13(17)18/h3-5,7-8,11H,6,14H2,1-2H3,(H,15,16)(H,17,18)/t11-/m1/s1. The maximum atomic E-state index is 11.7. The molecule has 0 radical (unpaired) electrons. The maximum Gasteiger partial charge on any atom is 0.335 e. The summed E-state index contributed by atoms with van der Waals surface area (Å²) < 4.78 is 0. The monoisotopic (exact) mass is 250 g/mol. The van der Waals surface area contributed by atoms with Crippen LogP contribution in [0.4, 0.5) is 5.69 Å². The summed E-state index contributed by atoms with van der Waals surface area (Å²) in [5, 5.41) is 11.4. The Balaban J connectivity index is 2.70. The third-order valence-corrected chi connectivity index (χ3v) is 2.44. The van der Waals surface area contributed by atoms with Crippen molar-refractivity contribution in [2.45, 2.75) is 26.3 Å². The average molecular weight is 250 g/mol. The van der Waals surface area contributed by atoms with Gasteiger partial charge in [-0.3, -0.25) is 4.79 Å². The molecule has 1 aromatic rings. The number of nitrogens with two attached hydrogens (primary N) is 1. The van der Waals surface area contributed by atoms with Crippen LogP contribution in [0.2, 0.25) is 0 Å². The van der Waals surface area contributed by atoms with Gasteiger partial charge in [0.05, 0.1) is 11.6 Å². The van der Waals surface area contributed by atoms with Crippen molar-refractivity contribution in [3.05, 3.63) is 29.8 Å². The van der Waals surface area contributed by atoms with Gasteiger partial charge in [0.25, 0.3) is 0 Å². The third-order valence-electron chi connectivity index (χ3n) is 2.44. The van der Waals surface area contributed by atoms with Gasteiger partial charge in [-0.05, 0) is 30.5 Å². The predicted octanol–water partition coefficient (Wildman–Crippen LogP) is 1.70. The number of aromatic carboxylic acids is 1. The first-order chi connectivity index (χ1) is 8.40. The number of nitrogens with one attached hydrogen (secondary N) is 1. The second kappa shape index (κ2) is 6.16. The summed E-state index contributed by atoms with van der Waals surface area (Å²) in [6, 6.07) is 5.49. The van der Waals surface area contributed by atoms with Crippen molar-refractivity contribution in [3.8, 4) is 0 Å². The van der Waals surface area contributed by atoms with E-state index in [0.717, 1.165) is 0 Å². The molecule has 0 saturated carbocycles. The van der Waals surface area contributed by atoms with Crippen LogP contribution in [0.3, 0.4) is 0 Å². The Kier molecular flexibility index (Phi) is 4.85. The highest BCUT2D eigenvalue weighted by Gasteiger charge is 2.15. The molecular formula is C13H18N2O3. The minimum absolute atomic E-state index is 0.130. The lowest BCUT2D eigenvalue weighted by atomic mass is 10.0. The molecule has 1 rings (SSSR count). The van der Waals surface area contributed by atoms with E-state index in [4.69, 9.17) is 10.8 Å². The second-order valence-electron chi connectivity index (χ2n) is 4.61. The van der Waals surface area contributed by atoms with E-state index in [1.807, 2.05) is 13.8 Å². The average Bonchev–Trinajstić information content (AvgIpc) is 2.28. The first-order valence-electron chi connectivity index (χ1n) is 5.80. The smallest absolute Gasteiger partial charge is 0.335 e. The topological polar surface area (TPSA) is 92.4 Å². The summed E-state index contributed by atoms with van der Waals surface area (Å²) in [7, 11) is 0. The molecule has 0 spiro atoms. The van der Waals surface area contributed by atoms with E-state index in [-0.39, 0.29) is 11.5 Å². The Hall–Kier alpha value is -1.88. The van der Waals surface area contributed by atoms with E-state index < -0.39 is 12.0 Å². The van der Waals surface area contributed by atoms with Gasteiger partial charge in [-0.15, -0.1) is 0 Å². The Bertz CT molecular complexity index is 444. The van der Waals surface area contributed by atoms with E-state index in [1.54, 1.807) is 12.1 Å². The van der Waals surface area contributed by atoms with E-state index in [0.29, 0.717) is 18.0 Å². The molecule has 5 heteroatoms. The fourth-order valence-corrected chi connectivity index (χ4v) is 1.58. The molecule has 1 atom stereocenters. The molecule has 18 heavy (non-hydrogen) atoms. The van der Waals surface area contributed by atoms with Crippen LogP contribution in [0.25, 0.3) is 0 Å². The fourth-order valence-electron chi connectivity index (χ4n) is 1.58. The van der Waals surface area contributed by atoms with Crippen LogP contribution < -0.4 is 11.1 Å². The van der Waals surface area contributed by atoms with Gasteiger partial charge in [-0.2, -0.15) is 0 Å². The molecule has 1 amide bonds. The highest BCUT2D eigenvalue weighted by molar-refractivity contribution is 5.96. The highest BCUT2D eigenvalue weighted by Crippen LogP contribution is 2.12. The van der Waals surface area contributed by atoms with Gasteiger partial charge in [0.2, 0.25) is 5.91 Å². The zero-order valence-electron chi connectivity index (χ0n) is 10.5. The second-order valence-corrected chi connectivity index (χ2v) is 4.61. The van der Waals surface area contributed by atoms with Crippen molar-refractivity contribution in [2.75, 3.05) is 5.32 Å². The maximum absolute atomic E-state index is 11.7. The molecule has 5 nitrogen and oxygen atoms in total. The van der Waals surface area contributed by atoms with Crippen LogP contribution in [0.1, 0.15) is 30.6 Å². The Morgan fingerprint density at radius 3 is 2.61 bits per heavy atom. The quantitative estimate of drug-likeness (QED) is 0.741. The summed E-state index contributed by atoms with van der Waals surface area (Å²) in [6.45, 7) is 3.97. The van der Waals surface area contributed by atoms with E-state index in [9.17, 15) is 9.59 Å². The van der Waals surface area contributed by atoms with Crippen molar-refractivity contribution < 1.29 is 14.7 Å². The molecule has 0 bridgehead atoms. The minimum atomic E-state index is -1.03. The van der Waals surface area contributed by atoms with Crippen LogP contribution >= 0.6 is 0 Å². The van der Waals surface area contributed by atoms with Gasteiger partial charge < -0.3 is 16.2 Å². The molecule has 0 heterocycles. The number of hydrogen-bond acceptors (Lipinski definition) is 3. The van der Waals surface area contributed by atoms with Crippen LogP contribution in [0, 0.1) is 5.92 Å². The largest absolute Gasteiger partial charge is 0.478 e. The summed E-state index contributed by atoms with van der Waals surface area (Å²) in [6.07, 6.45) is 0.588. The number of carboxylic acid groups (broad SMARTS) is 1.